The number of hydrogen-bond donors (Lipinski definition) is 1. The smallest absolute Gasteiger partial charge is 0.255 e. The monoisotopic (exact) mass is 500 g/mol. The molecule has 1 unspecified atom stereocenters. The van der Waals surface area contributed by atoms with Crippen LogP contribution in [-0.2, 0) is 22.7 Å². The van der Waals surface area contributed by atoms with E-state index in [1.165, 1.54) is 5.56 Å². The molecule has 0 spiro atoms. The molecule has 2 fully saturated rings. The van der Waals surface area contributed by atoms with Crippen LogP contribution < -0.4 is 14.8 Å². The van der Waals surface area contributed by atoms with Crippen molar-refractivity contribution < 1.29 is 23.9 Å². The number of hydrogen-bond acceptors (Lipinski definition) is 7. The number of likely N-dealkylation sites (tertiary alicyclic amines) is 1. The molecule has 3 aliphatic rings. The van der Waals surface area contributed by atoms with Crippen molar-refractivity contribution in [3.05, 3.63) is 65.2 Å². The van der Waals surface area contributed by atoms with Gasteiger partial charge in [0.05, 0.1) is 12.6 Å². The van der Waals surface area contributed by atoms with E-state index in [2.05, 4.69) is 27.3 Å². The number of amides is 3. The number of nitrogens with one attached hydrogen (secondary N) is 1. The van der Waals surface area contributed by atoms with Crippen molar-refractivity contribution >= 4 is 28.6 Å². The Bertz CT molecular complexity index is 1410. The fourth-order valence-electron chi connectivity index (χ4n) is 5.48. The summed E-state index contributed by atoms with van der Waals surface area (Å²) in [5, 5.41) is 3.43. The summed E-state index contributed by atoms with van der Waals surface area (Å²) in [5.41, 5.74) is 3.58. The molecule has 2 saturated heterocycles. The lowest BCUT2D eigenvalue weighted by Crippen LogP contribution is -2.52. The zero-order chi connectivity index (χ0) is 25.5. The minimum Gasteiger partial charge on any atom is -0.489 e. The van der Waals surface area contributed by atoms with Gasteiger partial charge < -0.3 is 14.4 Å². The van der Waals surface area contributed by atoms with E-state index in [9.17, 15) is 14.4 Å². The SMILES string of the molecule is COc1ccc2cc(CN3CC[C@H](Oc4ccc5c(c4)CN(C4CCC(=O)NC4=O)C5=O)C3)ccc2n1. The van der Waals surface area contributed by atoms with Crippen LogP contribution in [0.4, 0.5) is 0 Å². The first-order valence-corrected chi connectivity index (χ1v) is 12.6. The van der Waals surface area contributed by atoms with Gasteiger partial charge >= 0.3 is 0 Å². The molecule has 9 nitrogen and oxygen atoms in total. The first kappa shape index (κ1) is 23.4. The van der Waals surface area contributed by atoms with Crippen molar-refractivity contribution in [3.8, 4) is 11.6 Å². The van der Waals surface area contributed by atoms with E-state index < -0.39 is 11.9 Å². The normalized spacial score (nSPS) is 21.9. The minimum absolute atomic E-state index is 0.0628. The Balaban J connectivity index is 1.07. The number of nitrogens with zero attached hydrogens (tertiary/aromatic N) is 3. The molecule has 1 aromatic heterocycles. The van der Waals surface area contributed by atoms with Gasteiger partial charge in [-0.3, -0.25) is 24.6 Å². The Kier molecular flexibility index (Phi) is 6.00. The lowest BCUT2D eigenvalue weighted by molar-refractivity contribution is -0.136. The number of fused-ring (bicyclic) bond motifs is 2. The summed E-state index contributed by atoms with van der Waals surface area (Å²) >= 11 is 0. The highest BCUT2D eigenvalue weighted by molar-refractivity contribution is 6.05. The molecule has 4 heterocycles. The highest BCUT2D eigenvalue weighted by Crippen LogP contribution is 2.31. The van der Waals surface area contributed by atoms with Crippen LogP contribution in [0.3, 0.4) is 0 Å². The molecular formula is C28H28N4O5. The fraction of sp³-hybridized carbons (Fsp3) is 0.357. The molecule has 3 aromatic rings. The largest absolute Gasteiger partial charge is 0.489 e. The third-order valence-corrected chi connectivity index (χ3v) is 7.37. The number of pyridine rings is 1. The number of aromatic nitrogens is 1. The summed E-state index contributed by atoms with van der Waals surface area (Å²) in [5.74, 6) is 0.480. The molecular weight excluding hydrogens is 472 g/mol. The van der Waals surface area contributed by atoms with E-state index in [0.29, 0.717) is 24.4 Å². The van der Waals surface area contributed by atoms with Crippen molar-refractivity contribution in [2.75, 3.05) is 20.2 Å². The topological polar surface area (TPSA) is 101 Å². The van der Waals surface area contributed by atoms with Crippen LogP contribution in [-0.4, -0.2) is 64.9 Å². The molecule has 9 heteroatoms. The van der Waals surface area contributed by atoms with E-state index in [-0.39, 0.29) is 24.3 Å². The van der Waals surface area contributed by atoms with Crippen molar-refractivity contribution in [1.82, 2.24) is 20.1 Å². The number of rotatable bonds is 6. The molecule has 0 bridgehead atoms. The van der Waals surface area contributed by atoms with Crippen LogP contribution in [0, 0.1) is 0 Å². The molecule has 3 aliphatic heterocycles. The van der Waals surface area contributed by atoms with Crippen LogP contribution in [0.1, 0.15) is 40.7 Å². The zero-order valence-electron chi connectivity index (χ0n) is 20.6. The average molecular weight is 501 g/mol. The minimum atomic E-state index is -0.613. The van der Waals surface area contributed by atoms with Crippen LogP contribution in [0.25, 0.3) is 10.9 Å². The Labute approximate surface area is 214 Å². The highest BCUT2D eigenvalue weighted by atomic mass is 16.5. The van der Waals surface area contributed by atoms with Crippen molar-refractivity contribution in [2.45, 2.75) is 44.5 Å². The number of carbonyl (C=O) groups excluding carboxylic acids is 3. The molecule has 37 heavy (non-hydrogen) atoms. The lowest BCUT2D eigenvalue weighted by atomic mass is 10.0. The van der Waals surface area contributed by atoms with Crippen LogP contribution in [0.2, 0.25) is 0 Å². The van der Waals surface area contributed by atoms with Crippen molar-refractivity contribution in [2.24, 2.45) is 0 Å². The Morgan fingerprint density at radius 2 is 1.95 bits per heavy atom. The Hall–Kier alpha value is -3.98. The van der Waals surface area contributed by atoms with E-state index in [1.54, 1.807) is 18.1 Å². The molecule has 3 amide bonds. The second kappa shape index (κ2) is 9.48. The molecule has 0 saturated carbocycles. The van der Waals surface area contributed by atoms with Gasteiger partial charge in [-0.1, -0.05) is 6.07 Å². The van der Waals surface area contributed by atoms with Gasteiger partial charge in [0.2, 0.25) is 17.7 Å². The fourth-order valence-corrected chi connectivity index (χ4v) is 5.48. The number of carbonyl (C=O) groups is 3. The van der Waals surface area contributed by atoms with Gasteiger partial charge in [-0.25, -0.2) is 4.98 Å². The average Bonchev–Trinajstić information content (AvgIpc) is 3.47. The Morgan fingerprint density at radius 3 is 2.78 bits per heavy atom. The summed E-state index contributed by atoms with van der Waals surface area (Å²) in [6.07, 6.45) is 1.58. The second-order valence-electron chi connectivity index (χ2n) is 9.86. The quantitative estimate of drug-likeness (QED) is 0.520. The summed E-state index contributed by atoms with van der Waals surface area (Å²) < 4.78 is 11.5. The highest BCUT2D eigenvalue weighted by Gasteiger charge is 2.39. The van der Waals surface area contributed by atoms with Crippen LogP contribution >= 0.6 is 0 Å². The lowest BCUT2D eigenvalue weighted by Gasteiger charge is -2.29. The first-order chi connectivity index (χ1) is 18.0. The molecule has 0 aliphatic carbocycles. The van der Waals surface area contributed by atoms with Crippen molar-refractivity contribution in [3.63, 3.8) is 0 Å². The van der Waals surface area contributed by atoms with E-state index >= 15 is 0 Å². The van der Waals surface area contributed by atoms with Crippen LogP contribution in [0.5, 0.6) is 11.6 Å². The number of methoxy groups -OCH3 is 1. The predicted molar refractivity (Wildman–Crippen MR) is 135 cm³/mol. The van der Waals surface area contributed by atoms with Gasteiger partial charge in [0.25, 0.3) is 5.91 Å². The Morgan fingerprint density at radius 1 is 1.05 bits per heavy atom. The van der Waals surface area contributed by atoms with Gasteiger partial charge in [0.1, 0.15) is 17.9 Å². The summed E-state index contributed by atoms with van der Waals surface area (Å²) in [7, 11) is 1.62. The third kappa shape index (κ3) is 4.62. The van der Waals surface area contributed by atoms with Gasteiger partial charge in [-0.2, -0.15) is 0 Å². The van der Waals surface area contributed by atoms with E-state index in [1.807, 2.05) is 30.3 Å². The van der Waals surface area contributed by atoms with Gasteiger partial charge in [0.15, 0.2) is 0 Å². The predicted octanol–water partition coefficient (Wildman–Crippen LogP) is 2.66. The van der Waals surface area contributed by atoms with E-state index in [0.717, 1.165) is 48.3 Å². The number of benzene rings is 2. The van der Waals surface area contributed by atoms with Crippen LogP contribution in [0.15, 0.2) is 48.5 Å². The third-order valence-electron chi connectivity index (χ3n) is 7.37. The molecule has 190 valence electrons. The number of ether oxygens (including phenoxy) is 2. The molecule has 0 radical (unpaired) electrons. The second-order valence-corrected chi connectivity index (χ2v) is 9.86. The number of piperidine rings is 1. The standard InChI is InChI=1S/C28H28N4O5/c1-36-26-9-3-18-12-17(2-6-23(18)29-26)14-31-11-10-21(16-31)37-20-4-5-22-19(13-20)15-32(28(22)35)24-7-8-25(33)30-27(24)34/h2-6,9,12-13,21,24H,7-8,10-11,14-16H2,1H3,(H,30,33,34)/t21-,24?/m0/s1. The van der Waals surface area contributed by atoms with E-state index in [4.69, 9.17) is 9.47 Å². The maximum absolute atomic E-state index is 12.9. The number of imide groups is 1. The summed E-state index contributed by atoms with van der Waals surface area (Å²) in [6.45, 7) is 2.94. The zero-order valence-corrected chi connectivity index (χ0v) is 20.6. The van der Waals surface area contributed by atoms with Gasteiger partial charge in [0, 0.05) is 49.6 Å². The maximum atomic E-state index is 12.9. The summed E-state index contributed by atoms with van der Waals surface area (Å²) in [4.78, 5) is 45.1. The molecule has 2 atom stereocenters. The van der Waals surface area contributed by atoms with Gasteiger partial charge in [-0.05, 0) is 60.4 Å². The first-order valence-electron chi connectivity index (χ1n) is 12.6. The summed E-state index contributed by atoms with van der Waals surface area (Å²) in [6, 6.07) is 15.1. The van der Waals surface area contributed by atoms with Crippen molar-refractivity contribution in [1.29, 1.82) is 0 Å². The maximum Gasteiger partial charge on any atom is 0.255 e. The molecule has 2 aromatic carbocycles. The van der Waals surface area contributed by atoms with Gasteiger partial charge in [-0.15, -0.1) is 0 Å². The molecule has 6 rings (SSSR count). The molecule has 1 N–H and O–H groups in total.